The van der Waals surface area contributed by atoms with Crippen LogP contribution in [-0.2, 0) is 6.54 Å². The second-order valence-electron chi connectivity index (χ2n) is 4.36. The van der Waals surface area contributed by atoms with E-state index < -0.39 is 0 Å². The van der Waals surface area contributed by atoms with Crippen LogP contribution in [0.1, 0.15) is 15.9 Å². The number of benzene rings is 1. The van der Waals surface area contributed by atoms with Gasteiger partial charge in [-0.2, -0.15) is 0 Å². The van der Waals surface area contributed by atoms with Crippen molar-refractivity contribution in [3.8, 4) is 0 Å². The summed E-state index contributed by atoms with van der Waals surface area (Å²) >= 11 is 3.42. The van der Waals surface area contributed by atoms with Gasteiger partial charge in [-0.3, -0.25) is 15.6 Å². The third kappa shape index (κ3) is 3.34. The van der Waals surface area contributed by atoms with Crippen molar-refractivity contribution in [2.24, 2.45) is 5.84 Å². The molecule has 0 aliphatic carbocycles. The summed E-state index contributed by atoms with van der Waals surface area (Å²) in [6, 6.07) is 9.51. The van der Waals surface area contributed by atoms with Crippen molar-refractivity contribution >= 4 is 27.5 Å². The van der Waals surface area contributed by atoms with Crippen LogP contribution in [0.2, 0.25) is 0 Å². The molecule has 1 aromatic heterocycles. The molecule has 1 amide bonds. The van der Waals surface area contributed by atoms with E-state index in [-0.39, 0.29) is 5.91 Å². The fourth-order valence-corrected chi connectivity index (χ4v) is 2.32. The van der Waals surface area contributed by atoms with Crippen molar-refractivity contribution in [3.63, 3.8) is 0 Å². The summed E-state index contributed by atoms with van der Waals surface area (Å²) in [5.74, 6) is 5.27. The number of nitrogen functional groups attached to an aromatic ring is 1. The minimum Gasteiger partial charge on any atom is -0.337 e. The molecule has 0 saturated heterocycles. The number of aromatic nitrogens is 1. The second-order valence-corrected chi connectivity index (χ2v) is 5.27. The third-order valence-electron chi connectivity index (χ3n) is 2.86. The molecule has 2 aromatic rings. The van der Waals surface area contributed by atoms with Gasteiger partial charge in [-0.15, -0.1) is 0 Å². The first-order valence-electron chi connectivity index (χ1n) is 6.02. The van der Waals surface area contributed by atoms with Gasteiger partial charge in [0.15, 0.2) is 0 Å². The van der Waals surface area contributed by atoms with Gasteiger partial charge in [0, 0.05) is 30.5 Å². The van der Waals surface area contributed by atoms with Gasteiger partial charge in [0.25, 0.3) is 5.91 Å². The Hall–Kier alpha value is -1.92. The Balaban J connectivity index is 2.16. The molecule has 0 saturated carbocycles. The number of anilines is 1. The van der Waals surface area contributed by atoms with Gasteiger partial charge in [0.05, 0.1) is 11.3 Å². The van der Waals surface area contributed by atoms with Crippen LogP contribution in [-0.4, -0.2) is 22.8 Å². The molecule has 3 N–H and O–H groups in total. The highest BCUT2D eigenvalue weighted by Crippen LogP contribution is 2.17. The summed E-state index contributed by atoms with van der Waals surface area (Å²) in [5, 5.41) is 0. The average Bonchev–Trinajstić information content (AvgIpc) is 2.46. The second kappa shape index (κ2) is 6.49. The number of amides is 1. The number of rotatable bonds is 4. The number of carbonyl (C=O) groups is 1. The molecule has 5 nitrogen and oxygen atoms in total. The topological polar surface area (TPSA) is 71.2 Å². The van der Waals surface area contributed by atoms with Crippen molar-refractivity contribution < 1.29 is 4.79 Å². The maximum atomic E-state index is 12.4. The van der Waals surface area contributed by atoms with Crippen LogP contribution in [0.5, 0.6) is 0 Å². The number of pyridine rings is 1. The van der Waals surface area contributed by atoms with Crippen molar-refractivity contribution in [1.82, 2.24) is 9.88 Å². The molecule has 0 atom stereocenters. The number of nitrogens with zero attached hydrogens (tertiary/aromatic N) is 2. The Morgan fingerprint density at radius 2 is 2.25 bits per heavy atom. The molecule has 20 heavy (non-hydrogen) atoms. The number of carbonyl (C=O) groups excluding carboxylic acids is 1. The van der Waals surface area contributed by atoms with E-state index in [1.54, 1.807) is 24.2 Å². The molecule has 0 unspecified atom stereocenters. The lowest BCUT2D eigenvalue weighted by Crippen LogP contribution is -2.27. The van der Waals surface area contributed by atoms with Crippen LogP contribution in [0.15, 0.2) is 47.2 Å². The van der Waals surface area contributed by atoms with Crippen LogP contribution in [0.3, 0.4) is 0 Å². The van der Waals surface area contributed by atoms with E-state index in [9.17, 15) is 4.79 Å². The largest absolute Gasteiger partial charge is 0.337 e. The van der Waals surface area contributed by atoms with Crippen molar-refractivity contribution in [1.29, 1.82) is 0 Å². The number of nitrogens with one attached hydrogen (secondary N) is 1. The van der Waals surface area contributed by atoms with E-state index in [1.165, 1.54) is 6.20 Å². The van der Waals surface area contributed by atoms with Gasteiger partial charge >= 0.3 is 0 Å². The molecular formula is C14H15BrN4O. The van der Waals surface area contributed by atoms with Gasteiger partial charge in [-0.1, -0.05) is 28.1 Å². The lowest BCUT2D eigenvalue weighted by Gasteiger charge is -2.18. The highest BCUT2D eigenvalue weighted by Gasteiger charge is 2.16. The van der Waals surface area contributed by atoms with Crippen LogP contribution < -0.4 is 11.3 Å². The van der Waals surface area contributed by atoms with E-state index >= 15 is 0 Å². The molecule has 0 aliphatic heterocycles. The lowest BCUT2D eigenvalue weighted by molar-refractivity contribution is 0.0785. The highest BCUT2D eigenvalue weighted by atomic mass is 79.9. The Morgan fingerprint density at radius 1 is 1.45 bits per heavy atom. The molecule has 2 rings (SSSR count). The predicted octanol–water partition coefficient (Wildman–Crippen LogP) is 2.40. The molecule has 0 bridgehead atoms. The van der Waals surface area contributed by atoms with Crippen LogP contribution >= 0.6 is 15.9 Å². The minimum atomic E-state index is -0.133. The molecule has 0 aliphatic rings. The molecule has 0 fully saturated rings. The summed E-state index contributed by atoms with van der Waals surface area (Å²) in [5.41, 5.74) is 4.56. The molecule has 0 radical (unpaired) electrons. The van der Waals surface area contributed by atoms with Gasteiger partial charge in [0.1, 0.15) is 0 Å². The van der Waals surface area contributed by atoms with Gasteiger partial charge < -0.3 is 10.3 Å². The quantitative estimate of drug-likeness (QED) is 0.665. The Bertz CT molecular complexity index is 618. The van der Waals surface area contributed by atoms with E-state index in [0.29, 0.717) is 17.8 Å². The first-order chi connectivity index (χ1) is 9.61. The summed E-state index contributed by atoms with van der Waals surface area (Å²) in [6.07, 6.45) is 3.09. The van der Waals surface area contributed by atoms with Crippen LogP contribution in [0.25, 0.3) is 0 Å². The van der Waals surface area contributed by atoms with Crippen molar-refractivity contribution in [2.45, 2.75) is 6.54 Å². The summed E-state index contributed by atoms with van der Waals surface area (Å²) in [7, 11) is 1.75. The zero-order chi connectivity index (χ0) is 14.5. The van der Waals surface area contributed by atoms with Gasteiger partial charge in [-0.05, 0) is 23.8 Å². The first-order valence-corrected chi connectivity index (χ1v) is 6.81. The number of hydrogen-bond donors (Lipinski definition) is 2. The van der Waals surface area contributed by atoms with E-state index in [4.69, 9.17) is 5.84 Å². The van der Waals surface area contributed by atoms with E-state index in [2.05, 4.69) is 26.3 Å². The number of hydrazine groups is 1. The highest BCUT2D eigenvalue weighted by molar-refractivity contribution is 9.10. The predicted molar refractivity (Wildman–Crippen MR) is 82.0 cm³/mol. The smallest absolute Gasteiger partial charge is 0.257 e. The van der Waals surface area contributed by atoms with Gasteiger partial charge in [0.2, 0.25) is 0 Å². The zero-order valence-corrected chi connectivity index (χ0v) is 12.6. The number of halogens is 1. The molecular weight excluding hydrogens is 320 g/mol. The first kappa shape index (κ1) is 14.5. The number of nitrogens with two attached hydrogens (primary N) is 1. The Morgan fingerprint density at radius 3 is 2.95 bits per heavy atom. The fourth-order valence-electron chi connectivity index (χ4n) is 1.88. The third-order valence-corrected chi connectivity index (χ3v) is 3.36. The summed E-state index contributed by atoms with van der Waals surface area (Å²) in [4.78, 5) is 18.0. The monoisotopic (exact) mass is 334 g/mol. The van der Waals surface area contributed by atoms with Gasteiger partial charge in [-0.25, -0.2) is 0 Å². The van der Waals surface area contributed by atoms with Crippen molar-refractivity contribution in [2.75, 3.05) is 12.5 Å². The molecule has 6 heteroatoms. The fraction of sp³-hybridized carbons (Fsp3) is 0.143. The molecule has 1 heterocycles. The molecule has 104 valence electrons. The van der Waals surface area contributed by atoms with Crippen molar-refractivity contribution in [3.05, 3.63) is 58.3 Å². The maximum absolute atomic E-state index is 12.4. The summed E-state index contributed by atoms with van der Waals surface area (Å²) < 4.78 is 0.988. The minimum absolute atomic E-state index is 0.133. The SMILES string of the molecule is CN(Cc1cccc(Br)c1)C(=O)c1cnccc1NN. The lowest BCUT2D eigenvalue weighted by atomic mass is 10.2. The Kier molecular flexibility index (Phi) is 4.70. The maximum Gasteiger partial charge on any atom is 0.257 e. The van der Waals surface area contributed by atoms with Crippen LogP contribution in [0.4, 0.5) is 5.69 Å². The van der Waals surface area contributed by atoms with Crippen LogP contribution in [0, 0.1) is 0 Å². The molecule has 1 aromatic carbocycles. The standard InChI is InChI=1S/C14H15BrN4O/c1-19(9-10-3-2-4-11(15)7-10)14(20)12-8-17-6-5-13(12)18-16/h2-8H,9,16H2,1H3,(H,17,18). The normalized spacial score (nSPS) is 10.2. The summed E-state index contributed by atoms with van der Waals surface area (Å²) in [6.45, 7) is 0.511. The zero-order valence-electron chi connectivity index (χ0n) is 11.0. The van der Waals surface area contributed by atoms with E-state index in [1.807, 2.05) is 24.3 Å². The average molecular weight is 335 g/mol. The number of hydrogen-bond acceptors (Lipinski definition) is 4. The van der Waals surface area contributed by atoms with E-state index in [0.717, 1.165) is 10.0 Å². The molecule has 0 spiro atoms. The Labute approximate surface area is 125 Å².